The molecule has 6 rings (SSSR count). The van der Waals surface area contributed by atoms with Gasteiger partial charge in [-0.05, 0) is 96.7 Å². The summed E-state index contributed by atoms with van der Waals surface area (Å²) in [6, 6.07) is 15.9. The van der Waals surface area contributed by atoms with Crippen LogP contribution in [0.2, 0.25) is 0 Å². The summed E-state index contributed by atoms with van der Waals surface area (Å²) < 4.78 is 29.1. The van der Waals surface area contributed by atoms with Crippen molar-refractivity contribution in [2.24, 2.45) is 35.5 Å². The number of hydrogen-bond donors (Lipinski definition) is 0. The fourth-order valence-corrected chi connectivity index (χ4v) is 7.87. The Labute approximate surface area is 266 Å². The average Bonchev–Trinajstić information content (AvgIpc) is 3.65. The van der Waals surface area contributed by atoms with Crippen LogP contribution in [0.3, 0.4) is 0 Å². The van der Waals surface area contributed by atoms with Gasteiger partial charge in [-0.1, -0.05) is 49.4 Å². The van der Waals surface area contributed by atoms with Crippen LogP contribution >= 0.6 is 0 Å². The van der Waals surface area contributed by atoms with Crippen molar-refractivity contribution in [3.05, 3.63) is 83.5 Å². The van der Waals surface area contributed by atoms with Crippen molar-refractivity contribution in [1.82, 2.24) is 0 Å². The molecule has 0 amide bonds. The smallest absolute Gasteiger partial charge is 0.306 e. The van der Waals surface area contributed by atoms with Gasteiger partial charge in [0.1, 0.15) is 11.5 Å². The summed E-state index contributed by atoms with van der Waals surface area (Å²) in [6.07, 6.45) is 11.3. The van der Waals surface area contributed by atoms with Gasteiger partial charge in [0, 0.05) is 11.8 Å². The first-order valence-corrected chi connectivity index (χ1v) is 16.5. The maximum absolute atomic E-state index is 14.3. The van der Waals surface area contributed by atoms with Gasteiger partial charge in [0.15, 0.2) is 5.78 Å². The van der Waals surface area contributed by atoms with Crippen molar-refractivity contribution in [2.75, 3.05) is 20.8 Å². The second-order valence-electron chi connectivity index (χ2n) is 13.1. The van der Waals surface area contributed by atoms with Crippen LogP contribution in [0, 0.1) is 35.5 Å². The van der Waals surface area contributed by atoms with Crippen LogP contribution in [0.5, 0.6) is 11.5 Å². The van der Waals surface area contributed by atoms with Crippen LogP contribution in [-0.2, 0) is 37.0 Å². The van der Waals surface area contributed by atoms with Crippen LogP contribution in [0.1, 0.15) is 56.6 Å². The van der Waals surface area contributed by atoms with E-state index in [0.717, 1.165) is 60.3 Å². The maximum Gasteiger partial charge on any atom is 0.306 e. The number of rotatable bonds is 8. The van der Waals surface area contributed by atoms with Crippen LogP contribution in [-0.4, -0.2) is 44.8 Å². The number of ether oxygens (including phenoxy) is 5. The van der Waals surface area contributed by atoms with E-state index in [0.29, 0.717) is 31.7 Å². The minimum Gasteiger partial charge on any atom is -0.497 e. The van der Waals surface area contributed by atoms with E-state index in [1.807, 2.05) is 55.5 Å². The highest BCUT2D eigenvalue weighted by molar-refractivity contribution is 5.99. The summed E-state index contributed by atoms with van der Waals surface area (Å²) in [4.78, 5) is 27.3. The third-order valence-electron chi connectivity index (χ3n) is 10.4. The summed E-state index contributed by atoms with van der Waals surface area (Å²) in [5.41, 5.74) is 2.96. The van der Waals surface area contributed by atoms with Gasteiger partial charge in [0.2, 0.25) is 0 Å². The van der Waals surface area contributed by atoms with E-state index < -0.39 is 0 Å². The summed E-state index contributed by atoms with van der Waals surface area (Å²) in [5.74, 6) is 2.19. The minimum atomic E-state index is -0.309. The Morgan fingerprint density at radius 3 is 2.13 bits per heavy atom. The monoisotopic (exact) mass is 614 g/mol. The topological polar surface area (TPSA) is 80.3 Å². The third-order valence-corrected chi connectivity index (χ3v) is 10.4. The molecule has 4 aliphatic rings. The Morgan fingerprint density at radius 1 is 0.800 bits per heavy atom. The van der Waals surface area contributed by atoms with E-state index >= 15 is 0 Å². The SMILES string of the molecule is COc1ccc(CO[C@H]2C[C@H]3[C@@H]4C=C5C(=O)[C@H](C)[C@@H](OCc6ccc(OC)cc6)CCCCOC(=O)C[C@H]5[C@@H]4C=C[C@@H]3C2)cc1. The van der Waals surface area contributed by atoms with Crippen molar-refractivity contribution in [3.8, 4) is 11.5 Å². The Kier molecular flexibility index (Phi) is 10.1. The van der Waals surface area contributed by atoms with Gasteiger partial charge in [-0.15, -0.1) is 0 Å². The van der Waals surface area contributed by atoms with Gasteiger partial charge in [0.25, 0.3) is 0 Å². The molecule has 1 heterocycles. The molecular formula is C38H46O7. The number of hydrogen-bond acceptors (Lipinski definition) is 7. The largest absolute Gasteiger partial charge is 0.497 e. The molecule has 7 nitrogen and oxygen atoms in total. The molecule has 0 unspecified atom stereocenters. The molecule has 0 N–H and O–H groups in total. The molecule has 0 bridgehead atoms. The number of carbonyl (C=O) groups excluding carboxylic acids is 2. The van der Waals surface area contributed by atoms with Crippen LogP contribution in [0.15, 0.2) is 72.3 Å². The van der Waals surface area contributed by atoms with Crippen LogP contribution in [0.4, 0.5) is 0 Å². The molecule has 1 saturated carbocycles. The van der Waals surface area contributed by atoms with Crippen molar-refractivity contribution >= 4 is 11.8 Å². The molecule has 1 aliphatic heterocycles. The van der Waals surface area contributed by atoms with Crippen molar-refractivity contribution in [3.63, 3.8) is 0 Å². The van der Waals surface area contributed by atoms with E-state index in [1.165, 1.54) is 0 Å². The highest BCUT2D eigenvalue weighted by Gasteiger charge is 2.50. The first-order chi connectivity index (χ1) is 21.9. The van der Waals surface area contributed by atoms with E-state index in [1.54, 1.807) is 14.2 Å². The molecule has 240 valence electrons. The van der Waals surface area contributed by atoms with Gasteiger partial charge >= 0.3 is 5.97 Å². The Bertz CT molecular complexity index is 1380. The molecule has 8 atom stereocenters. The lowest BCUT2D eigenvalue weighted by molar-refractivity contribution is -0.145. The van der Waals surface area contributed by atoms with Crippen LogP contribution in [0.25, 0.3) is 0 Å². The number of methoxy groups -OCH3 is 2. The summed E-state index contributed by atoms with van der Waals surface area (Å²) in [6.45, 7) is 3.40. The van der Waals surface area contributed by atoms with E-state index in [2.05, 4.69) is 18.2 Å². The number of Topliss-reactive ketones (excluding diaryl/α,β-unsaturated/α-hetero) is 1. The molecule has 1 saturated heterocycles. The van der Waals surface area contributed by atoms with Gasteiger partial charge in [-0.25, -0.2) is 0 Å². The molecule has 2 aromatic carbocycles. The van der Waals surface area contributed by atoms with Gasteiger partial charge in [-0.2, -0.15) is 0 Å². The summed E-state index contributed by atoms with van der Waals surface area (Å²) in [5, 5.41) is 0. The molecular weight excluding hydrogens is 568 g/mol. The Hall–Kier alpha value is -3.42. The zero-order chi connectivity index (χ0) is 31.3. The first-order valence-electron chi connectivity index (χ1n) is 16.5. The number of carbonyl (C=O) groups is 2. The Balaban J connectivity index is 1.17. The third kappa shape index (κ3) is 7.20. The fourth-order valence-electron chi connectivity index (χ4n) is 7.87. The molecule has 0 spiro atoms. The molecule has 7 heteroatoms. The molecule has 0 radical (unpaired) electrons. The summed E-state index contributed by atoms with van der Waals surface area (Å²) in [7, 11) is 3.32. The predicted octanol–water partition coefficient (Wildman–Crippen LogP) is 6.88. The summed E-state index contributed by atoms with van der Waals surface area (Å²) >= 11 is 0. The molecule has 0 aromatic heterocycles. The van der Waals surface area contributed by atoms with Crippen molar-refractivity contribution < 1.29 is 33.3 Å². The quantitative estimate of drug-likeness (QED) is 0.237. The second kappa shape index (κ2) is 14.3. The maximum atomic E-state index is 14.3. The van der Waals surface area contributed by atoms with Gasteiger partial charge in [0.05, 0.1) is 52.7 Å². The van der Waals surface area contributed by atoms with E-state index in [4.69, 9.17) is 23.7 Å². The highest BCUT2D eigenvalue weighted by atomic mass is 16.5. The predicted molar refractivity (Wildman–Crippen MR) is 171 cm³/mol. The lowest BCUT2D eigenvalue weighted by atomic mass is 9.70. The molecule has 2 aromatic rings. The lowest BCUT2D eigenvalue weighted by Gasteiger charge is -2.34. The van der Waals surface area contributed by atoms with Crippen molar-refractivity contribution in [2.45, 2.75) is 70.9 Å². The number of benzene rings is 2. The van der Waals surface area contributed by atoms with Crippen LogP contribution < -0.4 is 9.47 Å². The number of esters is 1. The lowest BCUT2D eigenvalue weighted by Crippen LogP contribution is -2.33. The number of ketones is 1. The molecule has 45 heavy (non-hydrogen) atoms. The zero-order valence-corrected chi connectivity index (χ0v) is 26.7. The number of fused-ring (bicyclic) bond motifs is 5. The minimum absolute atomic E-state index is 0.109. The fraction of sp³-hybridized carbons (Fsp3) is 0.526. The average molecular weight is 615 g/mol. The number of allylic oxidation sites excluding steroid dienone is 4. The van der Waals surface area contributed by atoms with E-state index in [9.17, 15) is 9.59 Å². The van der Waals surface area contributed by atoms with Gasteiger partial charge < -0.3 is 23.7 Å². The number of cyclic esters (lactones) is 1. The highest BCUT2D eigenvalue weighted by Crippen LogP contribution is 2.54. The van der Waals surface area contributed by atoms with Crippen molar-refractivity contribution in [1.29, 1.82) is 0 Å². The zero-order valence-electron chi connectivity index (χ0n) is 26.7. The second-order valence-corrected chi connectivity index (χ2v) is 13.1. The standard InChI is InChI=1S/C38H46O7/c1-24-36(45-23-26-9-14-29(42-3)15-10-26)6-4-5-17-43-37(39)21-34-31-16-11-27-18-30(19-32(27)33(31)20-35(34)38(24)40)44-22-25-7-12-28(41-2)13-8-25/h7-16,20,24,27,30-34,36H,4-6,17-19,21-23H2,1-3H3/t24-,27-,30-,31-,32-,33-,34+,36+/m1/s1. The normalized spacial score (nSPS) is 31.5. The first kappa shape index (κ1) is 31.6. The van der Waals surface area contributed by atoms with E-state index in [-0.39, 0.29) is 54.1 Å². The molecule has 2 fully saturated rings. The molecule has 3 aliphatic carbocycles. The van der Waals surface area contributed by atoms with Gasteiger partial charge in [-0.3, -0.25) is 9.59 Å². The Morgan fingerprint density at radius 2 is 1.47 bits per heavy atom.